The van der Waals surface area contributed by atoms with Crippen molar-refractivity contribution < 1.29 is 9.63 Å². The molecule has 2 aliphatic heterocycles. The second kappa shape index (κ2) is 3.96. The molecule has 3 rings (SSSR count). The molecule has 0 radical (unpaired) electrons. The predicted octanol–water partition coefficient (Wildman–Crippen LogP) is 0.920. The normalized spacial score (nSPS) is 28.5. The Kier molecular flexibility index (Phi) is 2.44. The van der Waals surface area contributed by atoms with Crippen LogP contribution in [0.5, 0.6) is 0 Å². The number of likely N-dealkylation sites (N-methyl/N-ethyl adjacent to an activating group) is 1. The Morgan fingerprint density at radius 2 is 2.12 bits per heavy atom. The minimum absolute atomic E-state index is 0.114. The average Bonchev–Trinajstić information content (AvgIpc) is 2.74. The van der Waals surface area contributed by atoms with Crippen LogP contribution in [0.2, 0.25) is 0 Å². The van der Waals surface area contributed by atoms with Crippen molar-refractivity contribution >= 4 is 11.5 Å². The molecule has 0 aliphatic carbocycles. The van der Waals surface area contributed by atoms with Crippen LogP contribution in [0.4, 0.5) is 0 Å². The van der Waals surface area contributed by atoms with Crippen molar-refractivity contribution in [3.8, 4) is 0 Å². The first-order valence-corrected chi connectivity index (χ1v) is 5.76. The van der Waals surface area contributed by atoms with Gasteiger partial charge in [0.15, 0.2) is 11.9 Å². The molecule has 0 aromatic heterocycles. The lowest BCUT2D eigenvalue weighted by atomic mass is 9.86. The SMILES string of the molecule is CN1CC(=O)C2C(c3ccccc3)=NOC2C1. The summed E-state index contributed by atoms with van der Waals surface area (Å²) in [6.07, 6.45) is -0.114. The van der Waals surface area contributed by atoms with E-state index in [9.17, 15) is 4.79 Å². The molecular formula is C13H14N2O2. The van der Waals surface area contributed by atoms with Gasteiger partial charge in [0.05, 0.1) is 6.54 Å². The number of ketones is 1. The lowest BCUT2D eigenvalue weighted by Gasteiger charge is -2.29. The Morgan fingerprint density at radius 1 is 1.35 bits per heavy atom. The van der Waals surface area contributed by atoms with Crippen LogP contribution in [-0.4, -0.2) is 42.6 Å². The van der Waals surface area contributed by atoms with Gasteiger partial charge in [0.25, 0.3) is 0 Å². The van der Waals surface area contributed by atoms with Crippen molar-refractivity contribution in [2.45, 2.75) is 6.10 Å². The lowest BCUT2D eigenvalue weighted by Crippen LogP contribution is -2.49. The van der Waals surface area contributed by atoms with Crippen LogP contribution in [0.3, 0.4) is 0 Å². The minimum Gasteiger partial charge on any atom is -0.390 e. The minimum atomic E-state index is -0.186. The van der Waals surface area contributed by atoms with Crippen molar-refractivity contribution in [3.05, 3.63) is 35.9 Å². The van der Waals surface area contributed by atoms with E-state index in [1.165, 1.54) is 0 Å². The quantitative estimate of drug-likeness (QED) is 0.720. The summed E-state index contributed by atoms with van der Waals surface area (Å²) in [5, 5.41) is 4.10. The first-order chi connectivity index (χ1) is 8.25. The van der Waals surface area contributed by atoms with Gasteiger partial charge in [-0.15, -0.1) is 0 Å². The molecule has 1 saturated heterocycles. The topological polar surface area (TPSA) is 41.9 Å². The zero-order chi connectivity index (χ0) is 11.8. The fraction of sp³-hybridized carbons (Fsp3) is 0.385. The van der Waals surface area contributed by atoms with Gasteiger partial charge in [-0.3, -0.25) is 9.69 Å². The smallest absolute Gasteiger partial charge is 0.159 e. The summed E-state index contributed by atoms with van der Waals surface area (Å²) in [6, 6.07) is 9.79. The van der Waals surface area contributed by atoms with Gasteiger partial charge in [0, 0.05) is 12.1 Å². The summed E-state index contributed by atoms with van der Waals surface area (Å²) in [7, 11) is 1.93. The highest BCUT2D eigenvalue weighted by molar-refractivity contribution is 6.15. The van der Waals surface area contributed by atoms with Crippen molar-refractivity contribution in [2.75, 3.05) is 20.1 Å². The maximum Gasteiger partial charge on any atom is 0.159 e. The molecule has 1 aromatic carbocycles. The zero-order valence-corrected chi connectivity index (χ0v) is 9.67. The number of nitrogens with zero attached hydrogens (tertiary/aromatic N) is 2. The van der Waals surface area contributed by atoms with Crippen LogP contribution in [0.25, 0.3) is 0 Å². The van der Waals surface area contributed by atoms with Gasteiger partial charge in [-0.2, -0.15) is 0 Å². The van der Waals surface area contributed by atoms with Crippen LogP contribution in [0, 0.1) is 5.92 Å². The summed E-state index contributed by atoms with van der Waals surface area (Å²) in [6.45, 7) is 1.24. The molecule has 17 heavy (non-hydrogen) atoms. The third-order valence-electron chi connectivity index (χ3n) is 3.29. The summed E-state index contributed by atoms with van der Waals surface area (Å²) >= 11 is 0. The summed E-state index contributed by atoms with van der Waals surface area (Å²) in [5.41, 5.74) is 1.77. The molecule has 2 heterocycles. The number of fused-ring (bicyclic) bond motifs is 1. The zero-order valence-electron chi connectivity index (χ0n) is 9.67. The first-order valence-electron chi connectivity index (χ1n) is 5.76. The highest BCUT2D eigenvalue weighted by Gasteiger charge is 2.43. The number of rotatable bonds is 1. The molecule has 4 heteroatoms. The van der Waals surface area contributed by atoms with Gasteiger partial charge in [0.1, 0.15) is 11.6 Å². The van der Waals surface area contributed by atoms with Crippen molar-refractivity contribution in [3.63, 3.8) is 0 Å². The van der Waals surface area contributed by atoms with Crippen LogP contribution in [0.15, 0.2) is 35.5 Å². The number of oxime groups is 1. The highest BCUT2D eigenvalue weighted by Crippen LogP contribution is 2.27. The van der Waals surface area contributed by atoms with E-state index in [0.29, 0.717) is 6.54 Å². The van der Waals surface area contributed by atoms with Crippen LogP contribution >= 0.6 is 0 Å². The second-order valence-corrected chi connectivity index (χ2v) is 4.63. The molecule has 1 fully saturated rings. The summed E-state index contributed by atoms with van der Waals surface area (Å²) < 4.78 is 0. The van der Waals surface area contributed by atoms with E-state index in [1.807, 2.05) is 42.3 Å². The molecule has 0 amide bonds. The third kappa shape index (κ3) is 1.74. The van der Waals surface area contributed by atoms with Crippen LogP contribution in [0.1, 0.15) is 5.56 Å². The molecule has 0 bridgehead atoms. The summed E-state index contributed by atoms with van der Waals surface area (Å²) in [4.78, 5) is 19.4. The number of carbonyl (C=O) groups is 1. The van der Waals surface area contributed by atoms with Gasteiger partial charge in [-0.05, 0) is 7.05 Å². The molecule has 2 unspecified atom stereocenters. The molecule has 88 valence electrons. The Labute approximate surface area is 99.9 Å². The molecule has 2 atom stereocenters. The maximum absolute atomic E-state index is 12.1. The molecule has 0 spiro atoms. The number of likely N-dealkylation sites (tertiary alicyclic amines) is 1. The largest absolute Gasteiger partial charge is 0.390 e. The van der Waals surface area contributed by atoms with Crippen LogP contribution in [-0.2, 0) is 9.63 Å². The Bertz CT molecular complexity index is 470. The molecule has 0 saturated carbocycles. The standard InChI is InChI=1S/C13H14N2O2/c1-15-7-10(16)12-11(8-15)17-14-13(12)9-5-3-2-4-6-9/h2-6,11-12H,7-8H2,1H3. The molecular weight excluding hydrogens is 216 g/mol. The van der Waals surface area contributed by atoms with Crippen molar-refractivity contribution in [1.29, 1.82) is 0 Å². The van der Waals surface area contributed by atoms with Crippen molar-refractivity contribution in [1.82, 2.24) is 4.90 Å². The Morgan fingerprint density at radius 3 is 2.88 bits per heavy atom. The summed E-state index contributed by atoms with van der Waals surface area (Å²) in [5.74, 6) is 0.0115. The second-order valence-electron chi connectivity index (χ2n) is 4.63. The number of carbonyl (C=O) groups excluding carboxylic acids is 1. The van der Waals surface area contributed by atoms with Gasteiger partial charge < -0.3 is 4.84 Å². The van der Waals surface area contributed by atoms with E-state index in [1.54, 1.807) is 0 Å². The van der Waals surface area contributed by atoms with Crippen molar-refractivity contribution in [2.24, 2.45) is 11.1 Å². The Balaban J connectivity index is 1.92. The monoisotopic (exact) mass is 230 g/mol. The number of benzene rings is 1. The van der Waals surface area contributed by atoms with E-state index in [2.05, 4.69) is 5.16 Å². The molecule has 2 aliphatic rings. The first kappa shape index (κ1) is 10.5. The van der Waals surface area contributed by atoms with E-state index in [0.717, 1.165) is 17.8 Å². The molecule has 0 N–H and O–H groups in total. The van der Waals surface area contributed by atoms with Gasteiger partial charge >= 0.3 is 0 Å². The lowest BCUT2D eigenvalue weighted by molar-refractivity contribution is -0.129. The van der Waals surface area contributed by atoms with E-state index in [4.69, 9.17) is 4.84 Å². The molecule has 1 aromatic rings. The van der Waals surface area contributed by atoms with E-state index in [-0.39, 0.29) is 17.8 Å². The van der Waals surface area contributed by atoms with Crippen LogP contribution < -0.4 is 0 Å². The van der Waals surface area contributed by atoms with E-state index < -0.39 is 0 Å². The van der Waals surface area contributed by atoms with Gasteiger partial charge in [-0.25, -0.2) is 0 Å². The average molecular weight is 230 g/mol. The number of hydrogen-bond donors (Lipinski definition) is 0. The highest BCUT2D eigenvalue weighted by atomic mass is 16.6. The van der Waals surface area contributed by atoms with Gasteiger partial charge in [-0.1, -0.05) is 35.5 Å². The molecule has 4 nitrogen and oxygen atoms in total. The fourth-order valence-electron chi connectivity index (χ4n) is 2.49. The fourth-order valence-corrected chi connectivity index (χ4v) is 2.49. The third-order valence-corrected chi connectivity index (χ3v) is 3.29. The predicted molar refractivity (Wildman–Crippen MR) is 63.8 cm³/mol. The Hall–Kier alpha value is -1.68. The maximum atomic E-state index is 12.1. The number of hydrogen-bond acceptors (Lipinski definition) is 4. The van der Waals surface area contributed by atoms with E-state index >= 15 is 0 Å². The number of piperidine rings is 1. The van der Waals surface area contributed by atoms with Gasteiger partial charge in [0.2, 0.25) is 0 Å². The number of Topliss-reactive ketones (excluding diaryl/α,β-unsaturated/α-hetero) is 1.